The van der Waals surface area contributed by atoms with Crippen molar-refractivity contribution in [3.05, 3.63) is 58.7 Å². The molecule has 0 fully saturated rings. The van der Waals surface area contributed by atoms with Crippen molar-refractivity contribution in [1.29, 1.82) is 0 Å². The molecule has 2 aromatic rings. The lowest BCUT2D eigenvalue weighted by atomic mass is 10.1. The molecule has 3 N–H and O–H groups in total. The number of nitrogens with zero attached hydrogens (tertiary/aromatic N) is 1. The summed E-state index contributed by atoms with van der Waals surface area (Å²) in [6.45, 7) is 8.33. The van der Waals surface area contributed by atoms with Gasteiger partial charge < -0.3 is 4.90 Å². The molecule has 0 aromatic heterocycles. The van der Waals surface area contributed by atoms with Crippen molar-refractivity contribution in [3.8, 4) is 0 Å². The molecule has 1 aliphatic rings. The molecular weight excluding hydrogens is 442 g/mol. The van der Waals surface area contributed by atoms with Crippen LogP contribution in [0.2, 0.25) is 0 Å². The van der Waals surface area contributed by atoms with E-state index in [0.717, 1.165) is 11.1 Å². The summed E-state index contributed by atoms with van der Waals surface area (Å²) in [5.41, 5.74) is 2.06. The van der Waals surface area contributed by atoms with Gasteiger partial charge in [0, 0.05) is 13.1 Å². The maximum Gasteiger partial charge on any atom is 0.266 e. The summed E-state index contributed by atoms with van der Waals surface area (Å²) in [6.07, 6.45) is 0. The molecule has 2 amide bonds. The fraction of sp³-hybridized carbons (Fsp3) is 0.300. The molecule has 3 rings (SSSR count). The Balaban J connectivity index is 0.000000231. The molecule has 11 heteroatoms. The lowest BCUT2D eigenvalue weighted by Gasteiger charge is -2.20. The van der Waals surface area contributed by atoms with Crippen molar-refractivity contribution in [3.63, 3.8) is 0 Å². The zero-order valence-corrected chi connectivity index (χ0v) is 19.3. The van der Waals surface area contributed by atoms with E-state index in [4.69, 9.17) is 5.14 Å². The highest BCUT2D eigenvalue weighted by Gasteiger charge is 2.31. The Kier molecular flexibility index (Phi) is 7.25. The summed E-state index contributed by atoms with van der Waals surface area (Å²) in [7, 11) is -7.46. The number of sulfonamides is 2. The molecule has 0 saturated heterocycles. The topological polar surface area (TPSA) is 144 Å². The number of nitrogens with one attached hydrogen (secondary N) is 1. The molecule has 0 unspecified atom stereocenters. The maximum absolute atomic E-state index is 12.2. The molecular formula is C20H25N3O6S2. The lowest BCUT2D eigenvalue weighted by Crippen LogP contribution is -2.32. The number of hydrogen-bond donors (Lipinski definition) is 2. The van der Waals surface area contributed by atoms with Gasteiger partial charge in [-0.05, 0) is 52.0 Å². The van der Waals surface area contributed by atoms with Crippen molar-refractivity contribution in [2.75, 3.05) is 13.1 Å². The fourth-order valence-electron chi connectivity index (χ4n) is 3.03. The molecule has 1 aliphatic heterocycles. The second-order valence-corrected chi connectivity index (χ2v) is 10.1. The maximum atomic E-state index is 12.2. The first-order valence-corrected chi connectivity index (χ1v) is 12.4. The van der Waals surface area contributed by atoms with Crippen molar-refractivity contribution >= 4 is 31.9 Å². The number of amides is 2. The van der Waals surface area contributed by atoms with Gasteiger partial charge in [0.05, 0.1) is 16.0 Å². The summed E-state index contributed by atoms with van der Waals surface area (Å²) >= 11 is 0. The number of benzene rings is 2. The van der Waals surface area contributed by atoms with Gasteiger partial charge in [-0.25, -0.2) is 26.7 Å². The van der Waals surface area contributed by atoms with E-state index in [1.807, 2.05) is 18.6 Å². The molecule has 168 valence electrons. The number of carbonyl (C=O) groups excluding carboxylic acids is 2. The molecule has 0 saturated carbocycles. The highest BCUT2D eigenvalue weighted by molar-refractivity contribution is 7.90. The highest BCUT2D eigenvalue weighted by Crippen LogP contribution is 2.22. The van der Waals surface area contributed by atoms with Crippen LogP contribution in [0.4, 0.5) is 0 Å². The fourth-order valence-corrected chi connectivity index (χ4v) is 4.89. The number of aryl methyl sites for hydroxylation is 2. The Bertz CT molecular complexity index is 1230. The predicted molar refractivity (Wildman–Crippen MR) is 116 cm³/mol. The third-order valence-corrected chi connectivity index (χ3v) is 6.98. The van der Waals surface area contributed by atoms with Gasteiger partial charge in [0.15, 0.2) is 0 Å². The summed E-state index contributed by atoms with van der Waals surface area (Å²) in [6, 6.07) is 9.23. The van der Waals surface area contributed by atoms with E-state index in [-0.39, 0.29) is 26.8 Å². The molecule has 1 heterocycles. The van der Waals surface area contributed by atoms with E-state index < -0.39 is 26.0 Å². The van der Waals surface area contributed by atoms with Crippen LogP contribution in [0.15, 0.2) is 46.2 Å². The molecule has 0 bridgehead atoms. The second-order valence-electron chi connectivity index (χ2n) is 6.96. The van der Waals surface area contributed by atoms with Gasteiger partial charge in [-0.15, -0.1) is 0 Å². The smallest absolute Gasteiger partial charge is 0.266 e. The molecule has 2 aromatic carbocycles. The van der Waals surface area contributed by atoms with Gasteiger partial charge in [-0.1, -0.05) is 23.3 Å². The Morgan fingerprint density at radius 3 is 2.13 bits per heavy atom. The van der Waals surface area contributed by atoms with Crippen LogP contribution in [0.5, 0.6) is 0 Å². The third-order valence-electron chi connectivity index (χ3n) is 4.62. The minimum atomic E-state index is -3.89. The quantitative estimate of drug-likeness (QED) is 0.698. The number of fused-ring (bicyclic) bond motifs is 1. The number of nitrogens with two attached hydrogens (primary N) is 1. The normalized spacial score (nSPS) is 14.2. The van der Waals surface area contributed by atoms with E-state index in [0.29, 0.717) is 13.1 Å². The number of hydrogen-bond acceptors (Lipinski definition) is 6. The average Bonchev–Trinajstić information content (AvgIpc) is 2.90. The zero-order valence-electron chi connectivity index (χ0n) is 17.7. The van der Waals surface area contributed by atoms with Crippen LogP contribution in [0.1, 0.15) is 45.7 Å². The first-order chi connectivity index (χ1) is 14.3. The van der Waals surface area contributed by atoms with Crippen LogP contribution in [0, 0.1) is 13.8 Å². The Morgan fingerprint density at radius 2 is 1.58 bits per heavy atom. The molecule has 0 radical (unpaired) electrons. The monoisotopic (exact) mass is 467 g/mol. The number of carbonyl (C=O) groups is 2. The van der Waals surface area contributed by atoms with E-state index in [1.54, 1.807) is 43.0 Å². The Labute approximate surface area is 182 Å². The van der Waals surface area contributed by atoms with Crippen molar-refractivity contribution in [2.45, 2.75) is 37.5 Å². The number of rotatable bonds is 4. The standard InChI is InChI=1S/C12H18N2O3S.C8H7NO3S/c1-4-14(5-2)12(15)10-8-9(3)6-7-11(10)18(13,16)17;1-5-2-3-7-6(4-5)8(10)9-13(7,11)12/h6-8H,4-5H2,1-3H3,(H2,13,16,17);2-4H,1H3,(H,9,10). The van der Waals surface area contributed by atoms with Gasteiger partial charge >= 0.3 is 0 Å². The van der Waals surface area contributed by atoms with Gasteiger partial charge in [0.2, 0.25) is 10.0 Å². The van der Waals surface area contributed by atoms with Gasteiger partial charge in [-0.2, -0.15) is 0 Å². The molecule has 9 nitrogen and oxygen atoms in total. The molecule has 31 heavy (non-hydrogen) atoms. The van der Waals surface area contributed by atoms with Crippen LogP contribution in [-0.2, 0) is 20.0 Å². The predicted octanol–water partition coefficient (Wildman–Crippen LogP) is 1.55. The van der Waals surface area contributed by atoms with Crippen LogP contribution in [0.3, 0.4) is 0 Å². The minimum absolute atomic E-state index is 0.0723. The van der Waals surface area contributed by atoms with Crippen LogP contribution >= 0.6 is 0 Å². The van der Waals surface area contributed by atoms with Crippen LogP contribution in [0.25, 0.3) is 0 Å². The minimum Gasteiger partial charge on any atom is -0.339 e. The van der Waals surface area contributed by atoms with E-state index in [9.17, 15) is 26.4 Å². The van der Waals surface area contributed by atoms with Crippen LogP contribution in [-0.4, -0.2) is 46.6 Å². The average molecular weight is 468 g/mol. The third kappa shape index (κ3) is 5.49. The molecule has 0 spiro atoms. The molecule has 0 aliphatic carbocycles. The summed E-state index contributed by atoms with van der Waals surface area (Å²) in [4.78, 5) is 24.9. The van der Waals surface area contributed by atoms with E-state index in [1.165, 1.54) is 12.1 Å². The van der Waals surface area contributed by atoms with Crippen molar-refractivity contribution in [2.24, 2.45) is 5.14 Å². The summed E-state index contributed by atoms with van der Waals surface area (Å²) in [5, 5.41) is 5.13. The van der Waals surface area contributed by atoms with E-state index >= 15 is 0 Å². The number of primary sulfonamides is 1. The highest BCUT2D eigenvalue weighted by atomic mass is 32.2. The van der Waals surface area contributed by atoms with Crippen molar-refractivity contribution < 1.29 is 26.4 Å². The van der Waals surface area contributed by atoms with Crippen molar-refractivity contribution in [1.82, 2.24) is 9.62 Å². The summed E-state index contributed by atoms with van der Waals surface area (Å²) in [5.74, 6) is -0.855. The first-order valence-electron chi connectivity index (χ1n) is 9.42. The Morgan fingerprint density at radius 1 is 1.03 bits per heavy atom. The van der Waals surface area contributed by atoms with Gasteiger partial charge in [0.25, 0.3) is 21.8 Å². The SMILES string of the molecule is CCN(CC)C(=O)c1cc(C)ccc1S(N)(=O)=O.Cc1ccc2c(c1)C(=O)NS2(=O)=O. The second kappa shape index (κ2) is 9.16. The van der Waals surface area contributed by atoms with E-state index in [2.05, 4.69) is 0 Å². The largest absolute Gasteiger partial charge is 0.339 e. The van der Waals surface area contributed by atoms with Crippen LogP contribution < -0.4 is 9.86 Å². The summed E-state index contributed by atoms with van der Waals surface area (Å²) < 4.78 is 47.4. The zero-order chi connectivity index (χ0) is 23.6. The first kappa shape index (κ1) is 24.5. The van der Waals surface area contributed by atoms with Gasteiger partial charge in [-0.3, -0.25) is 9.59 Å². The Hall–Kier alpha value is -2.76. The van der Waals surface area contributed by atoms with Gasteiger partial charge in [0.1, 0.15) is 4.90 Å². The lowest BCUT2D eigenvalue weighted by molar-refractivity contribution is 0.0768. The molecule has 0 atom stereocenters.